The molecule has 4 aromatic rings. The number of hydrogen-bond donors (Lipinski definition) is 2. The van der Waals surface area contributed by atoms with E-state index in [-0.39, 0.29) is 23.8 Å². The number of thioether (sulfide) groups is 1. The largest absolute Gasteiger partial charge is 0.412 e. The Bertz CT molecular complexity index is 1330. The maximum Gasteiger partial charge on any atom is 0.285 e. The van der Waals surface area contributed by atoms with Crippen LogP contribution in [0.2, 0.25) is 10.0 Å². The van der Waals surface area contributed by atoms with Gasteiger partial charge >= 0.3 is 0 Å². The first kappa shape index (κ1) is 23.4. The molecule has 2 aromatic heterocycles. The molecule has 2 N–H and O–H groups in total. The van der Waals surface area contributed by atoms with Gasteiger partial charge in [-0.25, -0.2) is 4.98 Å². The van der Waals surface area contributed by atoms with Crippen molar-refractivity contribution < 1.29 is 9.94 Å². The Morgan fingerprint density at radius 2 is 1.79 bits per heavy atom. The van der Waals surface area contributed by atoms with Crippen molar-refractivity contribution in [3.8, 4) is 11.3 Å². The van der Waals surface area contributed by atoms with E-state index in [1.807, 2.05) is 24.3 Å². The molecule has 7 nitrogen and oxygen atoms in total. The van der Waals surface area contributed by atoms with E-state index in [0.717, 1.165) is 27.5 Å². The van der Waals surface area contributed by atoms with Crippen LogP contribution >= 0.6 is 35.0 Å². The molecule has 0 aliphatic carbocycles. The van der Waals surface area contributed by atoms with Crippen LogP contribution < -0.4 is 15.7 Å². The van der Waals surface area contributed by atoms with Crippen molar-refractivity contribution in [2.45, 2.75) is 11.3 Å². The summed E-state index contributed by atoms with van der Waals surface area (Å²) in [6.07, 6.45) is 0.740. The average Bonchev–Trinajstić information content (AvgIpc) is 2.80. The van der Waals surface area contributed by atoms with E-state index in [0.29, 0.717) is 26.7 Å². The normalized spacial score (nSPS) is 11.0. The molecule has 0 saturated heterocycles. The zero-order valence-corrected chi connectivity index (χ0v) is 19.9. The lowest BCUT2D eigenvalue weighted by Crippen LogP contribution is -2.25. The molecule has 2 heterocycles. The summed E-state index contributed by atoms with van der Waals surface area (Å²) in [5, 5.41) is 13.5. The monoisotopic (exact) mass is 502 g/mol. The highest BCUT2D eigenvalue weighted by Gasteiger charge is 2.18. The average molecular weight is 503 g/mol. The number of halogens is 2. The minimum atomic E-state index is -0.366. The number of pyridine rings is 1. The van der Waals surface area contributed by atoms with E-state index in [2.05, 4.69) is 15.3 Å². The van der Waals surface area contributed by atoms with Crippen molar-refractivity contribution >= 4 is 57.6 Å². The van der Waals surface area contributed by atoms with Crippen molar-refractivity contribution in [2.24, 2.45) is 0 Å². The number of nitrogens with one attached hydrogen (secondary N) is 1. The third kappa shape index (κ3) is 5.09. The molecule has 33 heavy (non-hydrogen) atoms. The van der Waals surface area contributed by atoms with Gasteiger partial charge in [-0.05, 0) is 48.9 Å². The van der Waals surface area contributed by atoms with Crippen LogP contribution in [0.5, 0.6) is 0 Å². The number of hydrogen-bond acceptors (Lipinski definition) is 7. The predicted octanol–water partition coefficient (Wildman–Crippen LogP) is 5.04. The van der Waals surface area contributed by atoms with Crippen molar-refractivity contribution in [3.05, 3.63) is 75.0 Å². The molecule has 0 aliphatic heterocycles. The molecular formula is C23H20Cl2N4O3S. The number of fused-ring (bicyclic) bond motifs is 1. The van der Waals surface area contributed by atoms with Gasteiger partial charge in [0.2, 0.25) is 5.95 Å². The molecule has 0 unspecified atom stereocenters. The van der Waals surface area contributed by atoms with E-state index in [1.54, 1.807) is 36.0 Å². The molecule has 0 atom stereocenters. The second-order valence-corrected chi connectivity index (χ2v) is 8.94. The van der Waals surface area contributed by atoms with Crippen molar-refractivity contribution in [3.63, 3.8) is 0 Å². The third-order valence-electron chi connectivity index (χ3n) is 4.77. The lowest BCUT2D eigenvalue weighted by atomic mass is 10.1. The summed E-state index contributed by atoms with van der Waals surface area (Å²) in [5.41, 5.74) is 1.69. The van der Waals surface area contributed by atoms with Gasteiger partial charge in [0.15, 0.2) is 5.65 Å². The second kappa shape index (κ2) is 10.4. The zero-order chi connectivity index (χ0) is 23.4. The SMILES string of the molecule is COn1c(=O)ccc2c(-c3c(Cl)cccc3Cl)nc(Nc3ccc(SCCCO)cc3)nc21. The minimum Gasteiger partial charge on any atom is -0.412 e. The van der Waals surface area contributed by atoms with Gasteiger partial charge in [0.1, 0.15) is 7.11 Å². The molecule has 0 bridgehead atoms. The van der Waals surface area contributed by atoms with E-state index < -0.39 is 0 Å². The topological polar surface area (TPSA) is 89.3 Å². The number of nitrogens with zero attached hydrogens (tertiary/aromatic N) is 3. The van der Waals surface area contributed by atoms with Crippen LogP contribution in [0, 0.1) is 0 Å². The summed E-state index contributed by atoms with van der Waals surface area (Å²) in [6.45, 7) is 0.177. The van der Waals surface area contributed by atoms with Crippen molar-refractivity contribution in [2.75, 3.05) is 24.8 Å². The number of anilines is 2. The molecule has 0 radical (unpaired) electrons. The first-order chi connectivity index (χ1) is 16.0. The number of benzene rings is 2. The Balaban J connectivity index is 1.80. The molecule has 0 aliphatic rings. The fourth-order valence-corrected chi connectivity index (χ4v) is 4.67. The molecule has 170 valence electrons. The molecule has 10 heteroatoms. The number of aliphatic hydroxyl groups is 1. The van der Waals surface area contributed by atoms with Gasteiger partial charge in [0, 0.05) is 40.0 Å². The summed E-state index contributed by atoms with van der Waals surface area (Å²) in [4.78, 5) is 27.9. The maximum absolute atomic E-state index is 12.3. The van der Waals surface area contributed by atoms with Gasteiger partial charge in [-0.2, -0.15) is 4.98 Å². The third-order valence-corrected chi connectivity index (χ3v) is 6.50. The first-order valence-corrected chi connectivity index (χ1v) is 11.8. The van der Waals surface area contributed by atoms with Gasteiger partial charge in [-0.1, -0.05) is 29.3 Å². The fourth-order valence-electron chi connectivity index (χ4n) is 3.26. The summed E-state index contributed by atoms with van der Waals surface area (Å²) >= 11 is 14.6. The predicted molar refractivity (Wildman–Crippen MR) is 134 cm³/mol. The van der Waals surface area contributed by atoms with E-state index in [1.165, 1.54) is 13.2 Å². The highest BCUT2D eigenvalue weighted by molar-refractivity contribution is 7.99. The molecule has 0 spiro atoms. The fraction of sp³-hybridized carbons (Fsp3) is 0.174. The van der Waals surface area contributed by atoms with Gasteiger partial charge < -0.3 is 15.3 Å². The standard InChI is InChI=1S/C23H20Cl2N4O3S/c1-32-29-19(31)11-10-16-21(20-17(24)4-2-5-18(20)25)27-23(28-22(16)29)26-14-6-8-15(9-7-14)33-13-3-12-30/h2,4-11,30H,3,12-13H2,1H3,(H,26,27,28). The van der Waals surface area contributed by atoms with Crippen molar-refractivity contribution in [1.29, 1.82) is 0 Å². The first-order valence-electron chi connectivity index (χ1n) is 10.0. The van der Waals surface area contributed by atoms with E-state index in [9.17, 15) is 4.79 Å². The quantitative estimate of drug-likeness (QED) is 0.257. The maximum atomic E-state index is 12.3. The van der Waals surface area contributed by atoms with Gasteiger partial charge in [0.05, 0.1) is 15.7 Å². The van der Waals surface area contributed by atoms with Gasteiger partial charge in [-0.3, -0.25) is 4.79 Å². The Hall–Kier alpha value is -2.78. The lowest BCUT2D eigenvalue weighted by Gasteiger charge is -2.14. The molecule has 4 rings (SSSR count). The highest BCUT2D eigenvalue weighted by atomic mass is 35.5. The van der Waals surface area contributed by atoms with Crippen LogP contribution in [0.3, 0.4) is 0 Å². The zero-order valence-electron chi connectivity index (χ0n) is 17.6. The summed E-state index contributed by atoms with van der Waals surface area (Å²) in [7, 11) is 1.39. The van der Waals surface area contributed by atoms with Crippen molar-refractivity contribution in [1.82, 2.24) is 14.7 Å². The summed E-state index contributed by atoms with van der Waals surface area (Å²) in [5.74, 6) is 1.10. The number of aliphatic hydroxyl groups excluding tert-OH is 1. The number of rotatable bonds is 8. The summed E-state index contributed by atoms with van der Waals surface area (Å²) in [6, 6.07) is 16.0. The van der Waals surface area contributed by atoms with Crippen LogP contribution in [-0.2, 0) is 0 Å². The molecule has 0 amide bonds. The Morgan fingerprint density at radius 3 is 2.45 bits per heavy atom. The van der Waals surface area contributed by atoms with Crippen LogP contribution in [0.25, 0.3) is 22.3 Å². The molecule has 0 saturated carbocycles. The highest BCUT2D eigenvalue weighted by Crippen LogP contribution is 2.37. The Kier molecular flexibility index (Phi) is 7.39. The van der Waals surface area contributed by atoms with Crippen LogP contribution in [0.1, 0.15) is 6.42 Å². The summed E-state index contributed by atoms with van der Waals surface area (Å²) < 4.78 is 1.09. The molecular weight excluding hydrogens is 483 g/mol. The lowest BCUT2D eigenvalue weighted by molar-refractivity contribution is 0.167. The Morgan fingerprint density at radius 1 is 1.06 bits per heavy atom. The molecule has 2 aromatic carbocycles. The minimum absolute atomic E-state index is 0.177. The second-order valence-electron chi connectivity index (χ2n) is 6.95. The van der Waals surface area contributed by atoms with E-state index in [4.69, 9.17) is 33.1 Å². The van der Waals surface area contributed by atoms with Crippen LogP contribution in [-0.4, -0.2) is 39.3 Å². The van der Waals surface area contributed by atoms with Crippen LogP contribution in [0.4, 0.5) is 11.6 Å². The van der Waals surface area contributed by atoms with Gasteiger partial charge in [-0.15, -0.1) is 16.5 Å². The smallest absolute Gasteiger partial charge is 0.285 e. The van der Waals surface area contributed by atoms with Gasteiger partial charge in [0.25, 0.3) is 5.56 Å². The molecule has 0 fully saturated rings. The van der Waals surface area contributed by atoms with E-state index >= 15 is 0 Å². The Labute approximate surface area is 204 Å². The number of aromatic nitrogens is 3. The van der Waals surface area contributed by atoms with Crippen LogP contribution in [0.15, 0.2) is 64.3 Å².